The summed E-state index contributed by atoms with van der Waals surface area (Å²) in [6.07, 6.45) is 0. The lowest BCUT2D eigenvalue weighted by Gasteiger charge is -2.15. The molecule has 3 aromatic carbocycles. The van der Waals surface area contributed by atoms with E-state index in [0.717, 1.165) is 5.75 Å². The average molecular weight is 287 g/mol. The minimum atomic E-state index is 1.02. The third kappa shape index (κ3) is 1.54. The fraction of sp³-hybridized carbons (Fsp3) is 0.0526. The molecule has 0 unspecified atom stereocenters. The summed E-state index contributed by atoms with van der Waals surface area (Å²) >= 11 is 1.92. The molecule has 0 radical (unpaired) electrons. The zero-order valence-corrected chi connectivity index (χ0v) is 12.2. The van der Waals surface area contributed by atoms with Gasteiger partial charge in [-0.05, 0) is 17.0 Å². The molecular weight excluding hydrogens is 274 g/mol. The van der Waals surface area contributed by atoms with Crippen molar-refractivity contribution in [2.24, 2.45) is 0 Å². The van der Waals surface area contributed by atoms with E-state index in [1.165, 1.54) is 43.4 Å². The number of aromatic amines is 1. The fourth-order valence-electron chi connectivity index (χ4n) is 3.36. The first kappa shape index (κ1) is 11.5. The predicted octanol–water partition coefficient (Wildman–Crippen LogP) is 5.59. The topological polar surface area (TPSA) is 15.8 Å². The van der Waals surface area contributed by atoms with Crippen molar-refractivity contribution in [3.8, 4) is 11.1 Å². The number of benzene rings is 3. The van der Waals surface area contributed by atoms with E-state index < -0.39 is 0 Å². The Balaban J connectivity index is 1.95. The Hall–Kier alpha value is -2.19. The van der Waals surface area contributed by atoms with Crippen LogP contribution in [0.25, 0.3) is 32.8 Å². The molecule has 0 bridgehead atoms. The van der Waals surface area contributed by atoms with Crippen LogP contribution in [0.5, 0.6) is 0 Å². The Labute approximate surface area is 127 Å². The van der Waals surface area contributed by atoms with Gasteiger partial charge in [0.2, 0.25) is 0 Å². The van der Waals surface area contributed by atoms with Gasteiger partial charge >= 0.3 is 0 Å². The highest BCUT2D eigenvalue weighted by Gasteiger charge is 2.21. The van der Waals surface area contributed by atoms with Crippen molar-refractivity contribution in [2.75, 3.05) is 0 Å². The summed E-state index contributed by atoms with van der Waals surface area (Å²) in [6.45, 7) is 0. The van der Waals surface area contributed by atoms with E-state index >= 15 is 0 Å². The van der Waals surface area contributed by atoms with Gasteiger partial charge in [0.1, 0.15) is 0 Å². The first-order valence-corrected chi connectivity index (χ1v) is 8.15. The Morgan fingerprint density at radius 1 is 0.810 bits per heavy atom. The number of rotatable bonds is 0. The molecule has 100 valence electrons. The van der Waals surface area contributed by atoms with Crippen LogP contribution in [0.4, 0.5) is 0 Å². The van der Waals surface area contributed by atoms with Crippen molar-refractivity contribution in [2.45, 2.75) is 10.6 Å². The largest absolute Gasteiger partial charge is 0.357 e. The molecule has 1 N–H and O–H groups in total. The van der Waals surface area contributed by atoms with Gasteiger partial charge in [-0.3, -0.25) is 0 Å². The van der Waals surface area contributed by atoms with Crippen LogP contribution in [0.1, 0.15) is 5.69 Å². The number of nitrogens with one attached hydrogen (secondary N) is 1. The third-order valence-corrected chi connectivity index (χ3v) is 5.40. The van der Waals surface area contributed by atoms with Crippen molar-refractivity contribution in [1.29, 1.82) is 0 Å². The predicted molar refractivity (Wildman–Crippen MR) is 90.8 cm³/mol. The fourth-order valence-corrected chi connectivity index (χ4v) is 4.37. The summed E-state index contributed by atoms with van der Waals surface area (Å²) in [5, 5.41) is 3.95. The van der Waals surface area contributed by atoms with Gasteiger partial charge in [-0.2, -0.15) is 0 Å². The molecule has 0 saturated carbocycles. The first-order valence-electron chi connectivity index (χ1n) is 7.16. The van der Waals surface area contributed by atoms with Gasteiger partial charge in [-0.25, -0.2) is 0 Å². The summed E-state index contributed by atoms with van der Waals surface area (Å²) in [4.78, 5) is 5.07. The highest BCUT2D eigenvalue weighted by Crippen LogP contribution is 2.45. The van der Waals surface area contributed by atoms with Crippen LogP contribution in [0.3, 0.4) is 0 Å². The van der Waals surface area contributed by atoms with Gasteiger partial charge in [-0.15, -0.1) is 11.8 Å². The van der Waals surface area contributed by atoms with Gasteiger partial charge in [0.15, 0.2) is 0 Å². The lowest BCUT2D eigenvalue weighted by atomic mass is 9.99. The molecular formula is C19H13NS. The normalized spacial score (nSPS) is 13.3. The lowest BCUT2D eigenvalue weighted by molar-refractivity contribution is 1.23. The SMILES string of the molecule is c1ccc2c(c1)SCc1[nH]c3c(ccc4ccccc43)c1-2. The Kier molecular flexibility index (Phi) is 2.27. The maximum absolute atomic E-state index is 3.68. The highest BCUT2D eigenvalue weighted by molar-refractivity contribution is 7.98. The van der Waals surface area contributed by atoms with Crippen molar-refractivity contribution in [1.82, 2.24) is 4.98 Å². The molecule has 1 nitrogen and oxygen atoms in total. The van der Waals surface area contributed by atoms with Gasteiger partial charge in [0.05, 0.1) is 5.52 Å². The monoisotopic (exact) mass is 287 g/mol. The second kappa shape index (κ2) is 4.15. The molecule has 0 spiro atoms. The zero-order chi connectivity index (χ0) is 13.8. The van der Waals surface area contributed by atoms with E-state index in [2.05, 4.69) is 65.6 Å². The van der Waals surface area contributed by atoms with Crippen LogP contribution in [-0.4, -0.2) is 4.98 Å². The molecule has 1 aromatic heterocycles. The number of hydrogen-bond donors (Lipinski definition) is 1. The minimum Gasteiger partial charge on any atom is -0.357 e. The number of aromatic nitrogens is 1. The van der Waals surface area contributed by atoms with E-state index in [9.17, 15) is 0 Å². The van der Waals surface area contributed by atoms with E-state index in [-0.39, 0.29) is 0 Å². The second-order valence-electron chi connectivity index (χ2n) is 5.47. The minimum absolute atomic E-state index is 1.02. The summed E-state index contributed by atoms with van der Waals surface area (Å²) in [6, 6.07) is 21.8. The summed E-state index contributed by atoms with van der Waals surface area (Å²) < 4.78 is 0. The highest BCUT2D eigenvalue weighted by atomic mass is 32.2. The Bertz CT molecular complexity index is 997. The first-order chi connectivity index (χ1) is 10.4. The molecule has 0 atom stereocenters. The van der Waals surface area contributed by atoms with Crippen LogP contribution in [-0.2, 0) is 5.75 Å². The van der Waals surface area contributed by atoms with E-state index in [1.54, 1.807) is 0 Å². The van der Waals surface area contributed by atoms with E-state index in [1.807, 2.05) is 11.8 Å². The van der Waals surface area contributed by atoms with Crippen molar-refractivity contribution >= 4 is 33.4 Å². The molecule has 0 saturated heterocycles. The third-order valence-electron chi connectivity index (χ3n) is 4.30. The summed E-state index contributed by atoms with van der Waals surface area (Å²) in [5.41, 5.74) is 5.39. The van der Waals surface area contributed by atoms with E-state index in [4.69, 9.17) is 0 Å². The molecule has 21 heavy (non-hydrogen) atoms. The standard InChI is InChI=1S/C19H13NS/c1-2-6-13-12(5-1)9-10-15-18-14-7-3-4-8-17(14)21-11-16(18)20-19(13)15/h1-10,20H,11H2. The zero-order valence-electron chi connectivity index (χ0n) is 11.4. The average Bonchev–Trinajstić information content (AvgIpc) is 2.94. The van der Waals surface area contributed by atoms with Crippen LogP contribution in [0.15, 0.2) is 65.6 Å². The van der Waals surface area contributed by atoms with Gasteiger partial charge < -0.3 is 4.98 Å². The number of hydrogen-bond acceptors (Lipinski definition) is 1. The van der Waals surface area contributed by atoms with E-state index in [0.29, 0.717) is 0 Å². The Morgan fingerprint density at radius 2 is 1.67 bits per heavy atom. The smallest absolute Gasteiger partial charge is 0.0542 e. The maximum Gasteiger partial charge on any atom is 0.0542 e. The molecule has 1 aliphatic heterocycles. The van der Waals surface area contributed by atoms with Crippen LogP contribution in [0.2, 0.25) is 0 Å². The number of thioether (sulfide) groups is 1. The molecule has 2 heteroatoms. The van der Waals surface area contributed by atoms with Crippen LogP contribution < -0.4 is 0 Å². The van der Waals surface area contributed by atoms with Crippen LogP contribution >= 0.6 is 11.8 Å². The molecule has 0 amide bonds. The molecule has 4 aromatic rings. The van der Waals surface area contributed by atoms with Gasteiger partial charge in [-0.1, -0.05) is 54.6 Å². The summed E-state index contributed by atoms with van der Waals surface area (Å²) in [5.74, 6) is 1.02. The molecule has 0 fully saturated rings. The summed E-state index contributed by atoms with van der Waals surface area (Å²) in [7, 11) is 0. The van der Waals surface area contributed by atoms with Gasteiger partial charge in [0, 0.05) is 32.7 Å². The number of H-pyrrole nitrogens is 1. The van der Waals surface area contributed by atoms with Crippen molar-refractivity contribution < 1.29 is 0 Å². The molecule has 5 rings (SSSR count). The van der Waals surface area contributed by atoms with Crippen molar-refractivity contribution in [3.05, 3.63) is 66.4 Å². The molecule has 2 heterocycles. The second-order valence-corrected chi connectivity index (χ2v) is 6.49. The van der Waals surface area contributed by atoms with Crippen LogP contribution in [0, 0.1) is 0 Å². The number of fused-ring (bicyclic) bond motifs is 7. The maximum atomic E-state index is 3.68. The quantitative estimate of drug-likeness (QED) is 0.445. The molecule has 1 aliphatic rings. The lowest BCUT2D eigenvalue weighted by Crippen LogP contribution is -1.93. The van der Waals surface area contributed by atoms with Crippen molar-refractivity contribution in [3.63, 3.8) is 0 Å². The Morgan fingerprint density at radius 3 is 2.67 bits per heavy atom. The van der Waals surface area contributed by atoms with Gasteiger partial charge in [0.25, 0.3) is 0 Å². The molecule has 0 aliphatic carbocycles.